The van der Waals surface area contributed by atoms with Crippen LogP contribution in [0.4, 0.5) is 0 Å². The van der Waals surface area contributed by atoms with Crippen molar-refractivity contribution in [3.63, 3.8) is 0 Å². The lowest BCUT2D eigenvalue weighted by Crippen LogP contribution is -1.98. The summed E-state index contributed by atoms with van der Waals surface area (Å²) >= 11 is 2.09. The number of aryl methyl sites for hydroxylation is 1. The quantitative estimate of drug-likeness (QED) is 0.504. The van der Waals surface area contributed by atoms with Crippen molar-refractivity contribution in [3.8, 4) is 11.6 Å². The van der Waals surface area contributed by atoms with Gasteiger partial charge in [-0.15, -0.1) is 0 Å². The van der Waals surface area contributed by atoms with Gasteiger partial charge < -0.3 is 9.15 Å². The fourth-order valence-corrected chi connectivity index (χ4v) is 2.27. The molecule has 1 aromatic carbocycles. The van der Waals surface area contributed by atoms with Gasteiger partial charge in [0.05, 0.1) is 3.57 Å². The van der Waals surface area contributed by atoms with Gasteiger partial charge in [-0.1, -0.05) is 0 Å². The molecule has 6 heteroatoms. The van der Waals surface area contributed by atoms with Crippen LogP contribution >= 0.6 is 22.6 Å². The first kappa shape index (κ1) is 13.0. The topological polar surface area (TPSA) is 65.2 Å². The van der Waals surface area contributed by atoms with Crippen LogP contribution in [0.1, 0.15) is 5.56 Å². The third-order valence-corrected chi connectivity index (χ3v) is 3.51. The number of halogens is 1. The Morgan fingerprint density at radius 2 is 2.15 bits per heavy atom. The molecule has 0 radical (unpaired) electrons. The number of benzene rings is 1. The van der Waals surface area contributed by atoms with E-state index in [1.165, 1.54) is 12.4 Å². The smallest absolute Gasteiger partial charge is 0.336 e. The van der Waals surface area contributed by atoms with Gasteiger partial charge in [-0.2, -0.15) is 0 Å². The molecule has 20 heavy (non-hydrogen) atoms. The summed E-state index contributed by atoms with van der Waals surface area (Å²) in [6.45, 7) is 1.87. The highest BCUT2D eigenvalue weighted by molar-refractivity contribution is 14.1. The maximum absolute atomic E-state index is 11.4. The highest BCUT2D eigenvalue weighted by Gasteiger charge is 2.07. The lowest BCUT2D eigenvalue weighted by molar-refractivity contribution is 0.456. The fourth-order valence-electron chi connectivity index (χ4n) is 1.86. The molecule has 0 spiro atoms. The van der Waals surface area contributed by atoms with Gasteiger partial charge in [-0.25, -0.2) is 14.8 Å². The second kappa shape index (κ2) is 5.20. The Morgan fingerprint density at radius 1 is 1.30 bits per heavy atom. The average molecular weight is 380 g/mol. The van der Waals surface area contributed by atoms with Crippen LogP contribution in [-0.2, 0) is 0 Å². The number of hydrogen-bond donors (Lipinski definition) is 0. The lowest BCUT2D eigenvalue weighted by atomic mass is 10.1. The largest absolute Gasteiger partial charge is 0.438 e. The second-order valence-corrected chi connectivity index (χ2v) is 5.35. The molecular formula is C14H9IN2O3. The first-order valence-electron chi connectivity index (χ1n) is 5.81. The summed E-state index contributed by atoms with van der Waals surface area (Å²) in [4.78, 5) is 19.4. The van der Waals surface area contributed by atoms with E-state index >= 15 is 0 Å². The third-order valence-electron chi connectivity index (χ3n) is 2.77. The van der Waals surface area contributed by atoms with Crippen molar-refractivity contribution in [2.45, 2.75) is 6.92 Å². The summed E-state index contributed by atoms with van der Waals surface area (Å²) in [5, 5.41) is 0.884. The van der Waals surface area contributed by atoms with Crippen LogP contribution in [0.3, 0.4) is 0 Å². The number of nitrogens with zero attached hydrogens (tertiary/aromatic N) is 2. The van der Waals surface area contributed by atoms with E-state index in [0.29, 0.717) is 17.2 Å². The van der Waals surface area contributed by atoms with Gasteiger partial charge in [0.2, 0.25) is 5.88 Å². The molecule has 0 aliphatic carbocycles. The summed E-state index contributed by atoms with van der Waals surface area (Å²) in [5.74, 6) is 1.03. The predicted octanol–water partition coefficient (Wildman–Crippen LogP) is 3.29. The van der Waals surface area contributed by atoms with E-state index in [-0.39, 0.29) is 5.63 Å². The molecule has 3 aromatic rings. The van der Waals surface area contributed by atoms with E-state index in [1.54, 1.807) is 12.3 Å². The first-order valence-corrected chi connectivity index (χ1v) is 6.89. The molecule has 0 N–H and O–H groups in total. The summed E-state index contributed by atoms with van der Waals surface area (Å²) < 4.78 is 11.7. The molecule has 3 rings (SSSR count). The van der Waals surface area contributed by atoms with Gasteiger partial charge in [0.15, 0.2) is 0 Å². The predicted molar refractivity (Wildman–Crippen MR) is 82.0 cm³/mol. The summed E-state index contributed by atoms with van der Waals surface area (Å²) in [6, 6.07) is 6.82. The summed E-state index contributed by atoms with van der Waals surface area (Å²) in [6.07, 6.45) is 3.08. The molecule has 0 fully saturated rings. The second-order valence-electron chi connectivity index (χ2n) is 4.18. The minimum absolute atomic E-state index is 0.372. The molecule has 0 saturated heterocycles. The molecule has 0 unspecified atom stereocenters. The van der Waals surface area contributed by atoms with E-state index in [4.69, 9.17) is 9.15 Å². The van der Waals surface area contributed by atoms with Crippen LogP contribution in [-0.4, -0.2) is 9.97 Å². The third kappa shape index (κ3) is 2.51. The van der Waals surface area contributed by atoms with Crippen LogP contribution in [0, 0.1) is 10.5 Å². The van der Waals surface area contributed by atoms with Crippen molar-refractivity contribution in [1.29, 1.82) is 0 Å². The van der Waals surface area contributed by atoms with Crippen molar-refractivity contribution in [2.24, 2.45) is 0 Å². The zero-order valence-electron chi connectivity index (χ0n) is 10.5. The Bertz CT molecular complexity index is 845. The van der Waals surface area contributed by atoms with Crippen LogP contribution in [0.25, 0.3) is 11.0 Å². The maximum atomic E-state index is 11.4. The lowest BCUT2D eigenvalue weighted by Gasteiger charge is -2.07. The molecule has 0 atom stereocenters. The van der Waals surface area contributed by atoms with E-state index in [2.05, 4.69) is 32.6 Å². The molecule has 5 nitrogen and oxygen atoms in total. The van der Waals surface area contributed by atoms with Crippen molar-refractivity contribution in [3.05, 3.63) is 56.3 Å². The highest BCUT2D eigenvalue weighted by Crippen LogP contribution is 2.27. The van der Waals surface area contributed by atoms with Gasteiger partial charge in [-0.05, 0) is 47.2 Å². The Morgan fingerprint density at radius 3 is 2.95 bits per heavy atom. The number of fused-ring (bicyclic) bond motifs is 1. The zero-order valence-corrected chi connectivity index (χ0v) is 12.6. The fraction of sp³-hybridized carbons (Fsp3) is 0.0714. The Balaban J connectivity index is 2.05. The van der Waals surface area contributed by atoms with E-state index in [1.807, 2.05) is 19.1 Å². The number of hydrogen-bond acceptors (Lipinski definition) is 5. The maximum Gasteiger partial charge on any atom is 0.336 e. The Hall–Kier alpha value is -1.96. The minimum atomic E-state index is -0.372. The summed E-state index contributed by atoms with van der Waals surface area (Å²) in [7, 11) is 0. The molecule has 2 aromatic heterocycles. The number of aromatic nitrogens is 2. The van der Waals surface area contributed by atoms with Crippen LogP contribution in [0.15, 0.2) is 46.0 Å². The van der Waals surface area contributed by atoms with Gasteiger partial charge >= 0.3 is 5.63 Å². The van der Waals surface area contributed by atoms with Crippen LogP contribution < -0.4 is 10.4 Å². The van der Waals surface area contributed by atoms with Crippen molar-refractivity contribution < 1.29 is 9.15 Å². The standard InChI is InChI=1S/C14H9IN2O3/c1-8-4-13(18)20-12-5-9(2-3-10(8)12)19-14-11(15)6-16-7-17-14/h2-7H,1H3. The molecular weight excluding hydrogens is 371 g/mol. The van der Waals surface area contributed by atoms with Gasteiger partial charge in [-0.3, -0.25) is 0 Å². The SMILES string of the molecule is Cc1cc(=O)oc2cc(Oc3ncncc3I)ccc12. The van der Waals surface area contributed by atoms with E-state index in [9.17, 15) is 4.79 Å². The van der Waals surface area contributed by atoms with Crippen molar-refractivity contribution in [1.82, 2.24) is 9.97 Å². The number of rotatable bonds is 2. The molecule has 100 valence electrons. The Kier molecular flexibility index (Phi) is 3.39. The normalized spacial score (nSPS) is 10.7. The molecule has 0 bridgehead atoms. The van der Waals surface area contributed by atoms with Gasteiger partial charge in [0.1, 0.15) is 17.7 Å². The van der Waals surface area contributed by atoms with Crippen molar-refractivity contribution in [2.75, 3.05) is 0 Å². The average Bonchev–Trinajstić information content (AvgIpc) is 2.41. The van der Waals surface area contributed by atoms with E-state index in [0.717, 1.165) is 14.5 Å². The van der Waals surface area contributed by atoms with E-state index < -0.39 is 0 Å². The van der Waals surface area contributed by atoms with Crippen LogP contribution in [0.2, 0.25) is 0 Å². The number of ether oxygens (including phenoxy) is 1. The molecule has 0 aliphatic rings. The van der Waals surface area contributed by atoms with Crippen molar-refractivity contribution >= 4 is 33.6 Å². The van der Waals surface area contributed by atoms with Gasteiger partial charge in [0.25, 0.3) is 0 Å². The monoisotopic (exact) mass is 380 g/mol. The molecule has 0 aliphatic heterocycles. The minimum Gasteiger partial charge on any atom is -0.438 e. The van der Waals surface area contributed by atoms with Gasteiger partial charge in [0, 0.05) is 23.7 Å². The molecule has 0 saturated carbocycles. The molecule has 2 heterocycles. The first-order chi connectivity index (χ1) is 9.63. The highest BCUT2D eigenvalue weighted by atomic mass is 127. The molecule has 0 amide bonds. The zero-order chi connectivity index (χ0) is 14.1. The van der Waals surface area contributed by atoms with Crippen LogP contribution in [0.5, 0.6) is 11.6 Å². The Labute approximate surface area is 127 Å². The summed E-state index contributed by atoms with van der Waals surface area (Å²) in [5.41, 5.74) is 1.000.